The molecule has 1 saturated carbocycles. The van der Waals surface area contributed by atoms with Gasteiger partial charge in [-0.2, -0.15) is 5.26 Å². The van der Waals surface area contributed by atoms with Gasteiger partial charge < -0.3 is 5.73 Å². The van der Waals surface area contributed by atoms with E-state index < -0.39 is 5.54 Å². The largest absolute Gasteiger partial charge is 0.369 e. The van der Waals surface area contributed by atoms with Crippen LogP contribution in [-0.4, -0.2) is 28.3 Å². The number of hydrogen-bond acceptors (Lipinski definition) is 5. The minimum absolute atomic E-state index is 0.0285. The van der Waals surface area contributed by atoms with Crippen molar-refractivity contribution in [3.8, 4) is 6.07 Å². The summed E-state index contributed by atoms with van der Waals surface area (Å²) in [5.74, 6) is 1.29. The SMILES string of the molecule is C[C@@H]1C[C@H](C)CC2(Cc3ccc(C#N)cc3[C@]23N=C(N)N(CCc2ccncc2)C3=O)C1. The number of guanidine groups is 1. The number of fused-ring (bicyclic) bond motifs is 3. The zero-order valence-electron chi connectivity index (χ0n) is 18.7. The van der Waals surface area contributed by atoms with E-state index in [1.54, 1.807) is 17.3 Å². The Labute approximate surface area is 189 Å². The van der Waals surface area contributed by atoms with E-state index in [1.165, 1.54) is 0 Å². The van der Waals surface area contributed by atoms with Crippen molar-refractivity contribution in [3.05, 3.63) is 65.0 Å². The lowest BCUT2D eigenvalue weighted by atomic mass is 9.57. The van der Waals surface area contributed by atoms with Crippen molar-refractivity contribution in [2.45, 2.75) is 51.5 Å². The Morgan fingerprint density at radius 1 is 1.19 bits per heavy atom. The fourth-order valence-electron chi connectivity index (χ4n) is 6.73. The maximum atomic E-state index is 14.2. The van der Waals surface area contributed by atoms with Crippen LogP contribution in [0.5, 0.6) is 0 Å². The number of carbonyl (C=O) groups is 1. The Morgan fingerprint density at radius 3 is 2.59 bits per heavy atom. The van der Waals surface area contributed by atoms with Crippen molar-refractivity contribution in [3.63, 3.8) is 0 Å². The van der Waals surface area contributed by atoms with Crippen molar-refractivity contribution in [2.75, 3.05) is 6.54 Å². The molecule has 1 aromatic heterocycles. The van der Waals surface area contributed by atoms with E-state index in [-0.39, 0.29) is 11.3 Å². The number of nitriles is 1. The highest BCUT2D eigenvalue weighted by Gasteiger charge is 2.67. The van der Waals surface area contributed by atoms with Crippen LogP contribution in [-0.2, 0) is 23.2 Å². The monoisotopic (exact) mass is 427 g/mol. The summed E-state index contributed by atoms with van der Waals surface area (Å²) in [7, 11) is 0. The fraction of sp³-hybridized carbons (Fsp3) is 0.462. The molecule has 2 heterocycles. The average Bonchev–Trinajstić information content (AvgIpc) is 3.17. The number of benzene rings is 1. The van der Waals surface area contributed by atoms with E-state index in [1.807, 2.05) is 30.3 Å². The van der Waals surface area contributed by atoms with Gasteiger partial charge in [-0.05, 0) is 84.9 Å². The summed E-state index contributed by atoms with van der Waals surface area (Å²) in [5, 5.41) is 9.56. The molecule has 5 rings (SSSR count). The molecule has 0 radical (unpaired) electrons. The predicted molar refractivity (Wildman–Crippen MR) is 122 cm³/mol. The summed E-state index contributed by atoms with van der Waals surface area (Å²) in [4.78, 5) is 25.0. The van der Waals surface area contributed by atoms with Crippen molar-refractivity contribution >= 4 is 11.9 Å². The molecule has 2 spiro atoms. The molecule has 1 aliphatic heterocycles. The minimum Gasteiger partial charge on any atom is -0.369 e. The van der Waals surface area contributed by atoms with Gasteiger partial charge in [-0.3, -0.25) is 14.7 Å². The molecule has 1 unspecified atom stereocenters. The minimum atomic E-state index is -1.03. The van der Waals surface area contributed by atoms with E-state index in [2.05, 4.69) is 24.9 Å². The molecule has 6 heteroatoms. The van der Waals surface area contributed by atoms with E-state index in [0.717, 1.165) is 42.4 Å². The molecular formula is C26H29N5O. The van der Waals surface area contributed by atoms with Crippen molar-refractivity contribution < 1.29 is 4.79 Å². The quantitative estimate of drug-likeness (QED) is 0.810. The van der Waals surface area contributed by atoms with Crippen LogP contribution in [0.2, 0.25) is 0 Å². The van der Waals surface area contributed by atoms with E-state index in [9.17, 15) is 10.1 Å². The lowest BCUT2D eigenvalue weighted by molar-refractivity contribution is -0.138. The molecule has 4 atom stereocenters. The number of nitrogens with two attached hydrogens (primary N) is 1. The molecule has 2 aromatic rings. The van der Waals surface area contributed by atoms with Crippen LogP contribution in [0.25, 0.3) is 0 Å². The highest BCUT2D eigenvalue weighted by Crippen LogP contribution is 2.63. The molecule has 32 heavy (non-hydrogen) atoms. The van der Waals surface area contributed by atoms with E-state index >= 15 is 0 Å². The van der Waals surface area contributed by atoms with Gasteiger partial charge in [0.05, 0.1) is 11.6 Å². The number of rotatable bonds is 3. The van der Waals surface area contributed by atoms with Crippen LogP contribution in [0.15, 0.2) is 47.7 Å². The predicted octanol–water partition coefficient (Wildman–Crippen LogP) is 3.55. The summed E-state index contributed by atoms with van der Waals surface area (Å²) in [6.45, 7) is 5.04. The molecule has 1 amide bonds. The lowest BCUT2D eigenvalue weighted by Crippen LogP contribution is -2.53. The highest BCUT2D eigenvalue weighted by atomic mass is 16.2. The Morgan fingerprint density at radius 2 is 1.91 bits per heavy atom. The second-order valence-corrected chi connectivity index (χ2v) is 10.0. The third kappa shape index (κ3) is 2.95. The Kier molecular flexibility index (Phi) is 4.81. The molecule has 6 nitrogen and oxygen atoms in total. The summed E-state index contributed by atoms with van der Waals surface area (Å²) in [5.41, 5.74) is 8.81. The standard InChI is InChI=1S/C26H29N5O/c1-17-11-18(2)14-25(13-17)15-21-4-3-20(16-27)12-22(21)26(25)23(32)31(24(28)30-26)10-7-19-5-8-29-9-6-19/h3-6,8-9,12,17-18H,7,10-11,13-15H2,1-2H3,(H2,28,30)/t17-,18+,25?,26-/m1/s1. The normalized spacial score (nSPS) is 31.1. The Hall–Kier alpha value is -3.20. The summed E-state index contributed by atoms with van der Waals surface area (Å²) in [6.07, 6.45) is 8.06. The number of aliphatic imine (C=N–C) groups is 1. The molecule has 3 aliphatic rings. The van der Waals surface area contributed by atoms with Gasteiger partial charge in [0.2, 0.25) is 0 Å². The molecular weight excluding hydrogens is 398 g/mol. The van der Waals surface area contributed by atoms with Crippen LogP contribution in [0.3, 0.4) is 0 Å². The van der Waals surface area contributed by atoms with Gasteiger partial charge in [0.15, 0.2) is 11.5 Å². The van der Waals surface area contributed by atoms with Crippen molar-refractivity contribution in [1.82, 2.24) is 9.88 Å². The number of pyridine rings is 1. The molecule has 0 bridgehead atoms. The zero-order chi connectivity index (χ0) is 22.5. The summed E-state index contributed by atoms with van der Waals surface area (Å²) in [6, 6.07) is 11.9. The van der Waals surface area contributed by atoms with Gasteiger partial charge in [0.1, 0.15) is 0 Å². The first-order valence-electron chi connectivity index (χ1n) is 11.5. The maximum absolute atomic E-state index is 14.2. The average molecular weight is 428 g/mol. The van der Waals surface area contributed by atoms with E-state index in [4.69, 9.17) is 10.7 Å². The first-order valence-corrected chi connectivity index (χ1v) is 11.5. The summed E-state index contributed by atoms with van der Waals surface area (Å²) < 4.78 is 0. The van der Waals surface area contributed by atoms with Crippen LogP contribution in [0.4, 0.5) is 0 Å². The third-order valence-corrected chi connectivity index (χ3v) is 7.70. The second kappa shape index (κ2) is 7.44. The van der Waals surface area contributed by atoms with Crippen LogP contribution < -0.4 is 5.73 Å². The topological polar surface area (TPSA) is 95.4 Å². The third-order valence-electron chi connectivity index (χ3n) is 7.70. The Balaban J connectivity index is 1.59. The maximum Gasteiger partial charge on any atom is 0.262 e. The second-order valence-electron chi connectivity index (χ2n) is 10.0. The van der Waals surface area contributed by atoms with Gasteiger partial charge in [-0.1, -0.05) is 19.9 Å². The summed E-state index contributed by atoms with van der Waals surface area (Å²) >= 11 is 0. The number of amides is 1. The fourth-order valence-corrected chi connectivity index (χ4v) is 6.73. The van der Waals surface area contributed by atoms with Crippen LogP contribution in [0.1, 0.15) is 55.4 Å². The molecule has 0 saturated heterocycles. The molecule has 164 valence electrons. The Bertz CT molecular complexity index is 1120. The lowest BCUT2D eigenvalue weighted by Gasteiger charge is -2.47. The first-order chi connectivity index (χ1) is 15.4. The molecule has 1 fully saturated rings. The number of nitrogens with zero attached hydrogens (tertiary/aromatic N) is 4. The van der Waals surface area contributed by atoms with Gasteiger partial charge in [-0.25, -0.2) is 4.99 Å². The van der Waals surface area contributed by atoms with Gasteiger partial charge in [0.25, 0.3) is 5.91 Å². The molecule has 2 aliphatic carbocycles. The number of aromatic nitrogens is 1. The van der Waals surface area contributed by atoms with Crippen molar-refractivity contribution in [1.29, 1.82) is 5.26 Å². The van der Waals surface area contributed by atoms with Gasteiger partial charge in [-0.15, -0.1) is 0 Å². The van der Waals surface area contributed by atoms with Crippen LogP contribution in [0, 0.1) is 28.6 Å². The number of hydrogen-bond donors (Lipinski definition) is 1. The molecule has 2 N–H and O–H groups in total. The first kappa shape index (κ1) is 20.7. The zero-order valence-corrected chi connectivity index (χ0v) is 18.7. The van der Waals surface area contributed by atoms with Crippen LogP contribution >= 0.6 is 0 Å². The smallest absolute Gasteiger partial charge is 0.262 e. The van der Waals surface area contributed by atoms with E-state index in [0.29, 0.717) is 36.3 Å². The highest BCUT2D eigenvalue weighted by molar-refractivity contribution is 6.08. The molecule has 1 aromatic carbocycles. The number of carbonyl (C=O) groups excluding carboxylic acids is 1. The van der Waals surface area contributed by atoms with Crippen molar-refractivity contribution in [2.24, 2.45) is 28.0 Å². The van der Waals surface area contributed by atoms with Gasteiger partial charge >= 0.3 is 0 Å². The van der Waals surface area contributed by atoms with Gasteiger partial charge in [0, 0.05) is 24.4 Å².